The molecule has 1 heterocycles. The van der Waals surface area contributed by atoms with Crippen LogP contribution in [-0.4, -0.2) is 11.0 Å². The summed E-state index contributed by atoms with van der Waals surface area (Å²) in [6.45, 7) is -0.122. The molecular formula is C18H9Cl6NO4. The molecule has 3 aromatic rings. The van der Waals surface area contributed by atoms with Gasteiger partial charge in [0.15, 0.2) is 11.5 Å². The summed E-state index contributed by atoms with van der Waals surface area (Å²) in [5.74, 6) is -0.438. The molecule has 2 aromatic carbocycles. The molecule has 29 heavy (non-hydrogen) atoms. The summed E-state index contributed by atoms with van der Waals surface area (Å²) >= 11 is 36.0. The van der Waals surface area contributed by atoms with Gasteiger partial charge >= 0.3 is 0 Å². The maximum Gasteiger partial charge on any atom is 0.291 e. The van der Waals surface area contributed by atoms with Gasteiger partial charge in [0.05, 0.1) is 20.8 Å². The normalized spacial score (nSPS) is 10.8. The number of ether oxygens (including phenoxy) is 1. The molecule has 0 spiro atoms. The Morgan fingerprint density at radius 1 is 0.931 bits per heavy atom. The van der Waals surface area contributed by atoms with Crippen LogP contribution in [0.1, 0.15) is 16.3 Å². The second kappa shape index (κ2) is 9.13. The molecular weight excluding hydrogens is 507 g/mol. The summed E-state index contributed by atoms with van der Waals surface area (Å²) in [4.78, 5) is 12.3. The van der Waals surface area contributed by atoms with Crippen LogP contribution in [0.25, 0.3) is 0 Å². The number of amides is 1. The SMILES string of the molecule is O=C(Nc1cc(Cl)ccc1O)c1ccc(COc2c(Cl)c(Cl)c(Cl)c(Cl)c2Cl)o1. The summed E-state index contributed by atoms with van der Waals surface area (Å²) < 4.78 is 11.0. The van der Waals surface area contributed by atoms with Crippen LogP contribution in [0.15, 0.2) is 34.7 Å². The van der Waals surface area contributed by atoms with Crippen molar-refractivity contribution in [2.45, 2.75) is 6.61 Å². The average molecular weight is 516 g/mol. The van der Waals surface area contributed by atoms with E-state index in [1.54, 1.807) is 0 Å². The van der Waals surface area contributed by atoms with Crippen molar-refractivity contribution >= 4 is 81.2 Å². The van der Waals surface area contributed by atoms with Gasteiger partial charge in [0, 0.05) is 5.02 Å². The lowest BCUT2D eigenvalue weighted by molar-refractivity contribution is 0.0992. The Morgan fingerprint density at radius 3 is 2.21 bits per heavy atom. The van der Waals surface area contributed by atoms with Crippen LogP contribution in [0.3, 0.4) is 0 Å². The highest BCUT2D eigenvalue weighted by Gasteiger charge is 2.21. The van der Waals surface area contributed by atoms with Crippen LogP contribution in [-0.2, 0) is 6.61 Å². The molecule has 1 aromatic heterocycles. The van der Waals surface area contributed by atoms with Crippen LogP contribution >= 0.6 is 69.6 Å². The number of rotatable bonds is 5. The van der Waals surface area contributed by atoms with Crippen LogP contribution in [0, 0.1) is 0 Å². The minimum atomic E-state index is -0.595. The summed E-state index contributed by atoms with van der Waals surface area (Å²) in [6.07, 6.45) is 0. The van der Waals surface area contributed by atoms with E-state index >= 15 is 0 Å². The van der Waals surface area contributed by atoms with E-state index in [0.29, 0.717) is 10.8 Å². The topological polar surface area (TPSA) is 71.7 Å². The molecule has 152 valence electrons. The molecule has 0 fully saturated rings. The first-order chi connectivity index (χ1) is 13.7. The van der Waals surface area contributed by atoms with E-state index in [1.807, 2.05) is 0 Å². The number of phenolic OH excluding ortho intramolecular Hbond substituents is 1. The van der Waals surface area contributed by atoms with Crippen LogP contribution in [0.2, 0.25) is 30.1 Å². The van der Waals surface area contributed by atoms with Gasteiger partial charge in [-0.05, 0) is 30.3 Å². The van der Waals surface area contributed by atoms with Crippen molar-refractivity contribution in [2.24, 2.45) is 0 Å². The smallest absolute Gasteiger partial charge is 0.291 e. The predicted molar refractivity (Wildman–Crippen MR) is 116 cm³/mol. The van der Waals surface area contributed by atoms with Gasteiger partial charge in [0.2, 0.25) is 0 Å². The molecule has 11 heteroatoms. The fourth-order valence-electron chi connectivity index (χ4n) is 2.22. The number of carbonyl (C=O) groups excluding carboxylic acids is 1. The zero-order valence-corrected chi connectivity index (χ0v) is 18.6. The third-order valence-electron chi connectivity index (χ3n) is 3.62. The number of anilines is 1. The molecule has 0 aliphatic rings. The van der Waals surface area contributed by atoms with E-state index in [4.69, 9.17) is 78.8 Å². The average Bonchev–Trinajstić information content (AvgIpc) is 3.17. The lowest BCUT2D eigenvalue weighted by Gasteiger charge is -2.12. The summed E-state index contributed by atoms with van der Waals surface area (Å²) in [7, 11) is 0. The highest BCUT2D eigenvalue weighted by atomic mass is 35.5. The highest BCUT2D eigenvalue weighted by molar-refractivity contribution is 6.55. The largest absolute Gasteiger partial charge is 0.506 e. The van der Waals surface area contributed by atoms with E-state index in [-0.39, 0.29) is 54.7 Å². The molecule has 5 nitrogen and oxygen atoms in total. The Kier molecular flexibility index (Phi) is 6.99. The molecule has 2 N–H and O–H groups in total. The monoisotopic (exact) mass is 513 g/mol. The third kappa shape index (κ3) is 4.82. The van der Waals surface area contributed by atoms with Crippen LogP contribution < -0.4 is 10.1 Å². The summed E-state index contributed by atoms with van der Waals surface area (Å²) in [5, 5.41) is 12.6. The predicted octanol–water partition coefficient (Wildman–Crippen LogP) is 7.74. The second-order valence-corrected chi connectivity index (χ2v) is 7.90. The quantitative estimate of drug-likeness (QED) is 0.207. The number of furan rings is 1. The molecule has 0 unspecified atom stereocenters. The van der Waals surface area contributed by atoms with Crippen molar-refractivity contribution in [3.8, 4) is 11.5 Å². The van der Waals surface area contributed by atoms with Gasteiger partial charge in [-0.25, -0.2) is 0 Å². The van der Waals surface area contributed by atoms with Crippen molar-refractivity contribution in [3.63, 3.8) is 0 Å². The van der Waals surface area contributed by atoms with Gasteiger partial charge in [-0.15, -0.1) is 0 Å². The van der Waals surface area contributed by atoms with Gasteiger partial charge in [0.25, 0.3) is 5.91 Å². The molecule has 3 rings (SSSR count). The number of hydrogen-bond donors (Lipinski definition) is 2. The molecule has 0 saturated heterocycles. The van der Waals surface area contributed by atoms with Crippen molar-refractivity contribution in [1.29, 1.82) is 0 Å². The van der Waals surface area contributed by atoms with E-state index in [0.717, 1.165) is 0 Å². The van der Waals surface area contributed by atoms with E-state index in [2.05, 4.69) is 5.32 Å². The second-order valence-electron chi connectivity index (χ2n) is 5.57. The fourth-order valence-corrected chi connectivity index (χ4v) is 3.63. The Hall–Kier alpha value is -1.47. The first-order valence-electron chi connectivity index (χ1n) is 7.71. The van der Waals surface area contributed by atoms with Crippen LogP contribution in [0.5, 0.6) is 11.5 Å². The molecule has 0 saturated carbocycles. The first kappa shape index (κ1) is 22.2. The Balaban J connectivity index is 1.73. The summed E-state index contributed by atoms with van der Waals surface area (Å²) in [5.41, 5.74) is 0.140. The molecule has 1 amide bonds. The lowest BCUT2D eigenvalue weighted by Crippen LogP contribution is -2.11. The standard InChI is InChI=1S/C18H9Cl6NO4/c19-7-1-3-10(26)9(5-7)25-18(27)11-4-2-8(29-11)6-28-17-15(23)13(21)12(20)14(22)16(17)24/h1-5,26H,6H2,(H,25,27). The minimum Gasteiger partial charge on any atom is -0.506 e. The fraction of sp³-hybridized carbons (Fsp3) is 0.0556. The minimum absolute atomic E-state index is 0.00132. The molecule has 0 bridgehead atoms. The number of halogens is 6. The number of nitrogens with one attached hydrogen (secondary N) is 1. The van der Waals surface area contributed by atoms with Gasteiger partial charge in [-0.2, -0.15) is 0 Å². The summed E-state index contributed by atoms with van der Waals surface area (Å²) in [6, 6.07) is 7.20. The van der Waals surface area contributed by atoms with Gasteiger partial charge < -0.3 is 19.6 Å². The lowest BCUT2D eigenvalue weighted by atomic mass is 10.3. The number of aromatic hydroxyl groups is 1. The number of carbonyl (C=O) groups is 1. The van der Waals surface area contributed by atoms with E-state index < -0.39 is 5.91 Å². The number of hydrogen-bond acceptors (Lipinski definition) is 4. The third-order valence-corrected chi connectivity index (χ3v) is 6.10. The van der Waals surface area contributed by atoms with Crippen molar-refractivity contribution in [2.75, 3.05) is 5.32 Å². The molecule has 0 aliphatic carbocycles. The zero-order chi connectivity index (χ0) is 21.3. The molecule has 0 atom stereocenters. The van der Waals surface area contributed by atoms with Crippen molar-refractivity contribution < 1.29 is 19.1 Å². The first-order valence-corrected chi connectivity index (χ1v) is 9.98. The number of phenols is 1. The Bertz CT molecular complexity index is 1070. The van der Waals surface area contributed by atoms with Crippen molar-refractivity contribution in [3.05, 3.63) is 72.0 Å². The van der Waals surface area contributed by atoms with Gasteiger partial charge in [-0.3, -0.25) is 4.79 Å². The van der Waals surface area contributed by atoms with Crippen LogP contribution in [0.4, 0.5) is 5.69 Å². The zero-order valence-electron chi connectivity index (χ0n) is 14.0. The van der Waals surface area contributed by atoms with Gasteiger partial charge in [-0.1, -0.05) is 69.6 Å². The number of benzene rings is 2. The Labute approximate surface area is 195 Å². The molecule has 0 radical (unpaired) electrons. The van der Waals surface area contributed by atoms with Crippen molar-refractivity contribution in [1.82, 2.24) is 0 Å². The van der Waals surface area contributed by atoms with E-state index in [9.17, 15) is 9.90 Å². The molecule has 0 aliphatic heterocycles. The van der Waals surface area contributed by atoms with Gasteiger partial charge in [0.1, 0.15) is 28.2 Å². The maximum absolute atomic E-state index is 12.3. The van der Waals surface area contributed by atoms with E-state index in [1.165, 1.54) is 30.3 Å². The maximum atomic E-state index is 12.3. The highest BCUT2D eigenvalue weighted by Crippen LogP contribution is 2.48. The Morgan fingerprint density at radius 2 is 1.55 bits per heavy atom.